The van der Waals surface area contributed by atoms with Gasteiger partial charge in [-0.25, -0.2) is 4.39 Å². The third-order valence-electron chi connectivity index (χ3n) is 5.47. The minimum atomic E-state index is -0.230. The van der Waals surface area contributed by atoms with Crippen LogP contribution in [0.5, 0.6) is 0 Å². The first-order chi connectivity index (χ1) is 13.1. The van der Waals surface area contributed by atoms with Crippen molar-refractivity contribution in [2.24, 2.45) is 5.92 Å². The monoisotopic (exact) mass is 377 g/mol. The van der Waals surface area contributed by atoms with Crippen LogP contribution < -0.4 is 10.2 Å². The first-order valence-corrected chi connectivity index (χ1v) is 9.64. The molecule has 1 aromatic carbocycles. The average molecular weight is 377 g/mol. The number of ether oxygens (including phenoxy) is 1. The fourth-order valence-corrected chi connectivity index (χ4v) is 3.80. The highest BCUT2D eigenvalue weighted by atomic mass is 19.1. The minimum absolute atomic E-state index is 0.0464. The zero-order valence-electron chi connectivity index (χ0n) is 15.8. The number of nitrogens with one attached hydrogen (secondary N) is 1. The van der Waals surface area contributed by atoms with E-state index in [9.17, 15) is 14.0 Å². The maximum atomic E-state index is 13.1. The Morgan fingerprint density at radius 3 is 2.59 bits per heavy atom. The van der Waals surface area contributed by atoms with Gasteiger partial charge in [0.05, 0.1) is 12.5 Å². The molecule has 1 atom stereocenters. The fraction of sp³-hybridized carbons (Fsp3) is 0.600. The summed E-state index contributed by atoms with van der Waals surface area (Å²) < 4.78 is 18.1. The largest absolute Gasteiger partial charge is 0.383 e. The number of hydrogen-bond donors (Lipinski definition) is 1. The van der Waals surface area contributed by atoms with Crippen molar-refractivity contribution in [2.75, 3.05) is 44.8 Å². The standard InChI is InChI=1S/C20H28FN3O3/c1-27-13-12-24-14-15(2-7-19(24)25)20(26)22-17-8-10-23(11-9-17)18-5-3-16(21)4-6-18/h3-6,15,17H,2,7-14H2,1H3,(H,22,26). The lowest BCUT2D eigenvalue weighted by Crippen LogP contribution is -2.50. The van der Waals surface area contributed by atoms with Crippen molar-refractivity contribution in [3.05, 3.63) is 30.1 Å². The summed E-state index contributed by atoms with van der Waals surface area (Å²) in [4.78, 5) is 28.6. The Morgan fingerprint density at radius 2 is 1.93 bits per heavy atom. The number of piperidine rings is 2. The van der Waals surface area contributed by atoms with Crippen LogP contribution in [-0.2, 0) is 14.3 Å². The summed E-state index contributed by atoms with van der Waals surface area (Å²) in [5.41, 5.74) is 1.01. The number of rotatable bonds is 6. The number of carbonyl (C=O) groups excluding carboxylic acids is 2. The van der Waals surface area contributed by atoms with Gasteiger partial charge in [-0.15, -0.1) is 0 Å². The highest BCUT2D eigenvalue weighted by Gasteiger charge is 2.31. The van der Waals surface area contributed by atoms with E-state index >= 15 is 0 Å². The lowest BCUT2D eigenvalue weighted by Gasteiger charge is -2.36. The second kappa shape index (κ2) is 9.17. The van der Waals surface area contributed by atoms with Crippen LogP contribution in [0.2, 0.25) is 0 Å². The Morgan fingerprint density at radius 1 is 1.22 bits per heavy atom. The summed E-state index contributed by atoms with van der Waals surface area (Å²) in [6, 6.07) is 6.69. The molecule has 2 aliphatic rings. The van der Waals surface area contributed by atoms with Crippen LogP contribution in [0.3, 0.4) is 0 Å². The quantitative estimate of drug-likeness (QED) is 0.821. The molecule has 6 nitrogen and oxygen atoms in total. The van der Waals surface area contributed by atoms with Crippen LogP contribution in [-0.4, -0.2) is 62.7 Å². The highest BCUT2D eigenvalue weighted by molar-refractivity contribution is 5.84. The maximum Gasteiger partial charge on any atom is 0.225 e. The summed E-state index contributed by atoms with van der Waals surface area (Å²) in [7, 11) is 1.61. The number of carbonyl (C=O) groups is 2. The molecule has 2 heterocycles. The van der Waals surface area contributed by atoms with Gasteiger partial charge in [-0.3, -0.25) is 9.59 Å². The van der Waals surface area contributed by atoms with Crippen LogP contribution in [0.4, 0.5) is 10.1 Å². The van der Waals surface area contributed by atoms with Crippen molar-refractivity contribution in [3.8, 4) is 0 Å². The second-order valence-electron chi connectivity index (χ2n) is 7.31. The van der Waals surface area contributed by atoms with Gasteiger partial charge >= 0.3 is 0 Å². The molecule has 1 aromatic rings. The zero-order valence-corrected chi connectivity index (χ0v) is 15.8. The van der Waals surface area contributed by atoms with Crippen LogP contribution in [0.15, 0.2) is 24.3 Å². The average Bonchev–Trinajstić information content (AvgIpc) is 2.68. The number of hydrogen-bond acceptors (Lipinski definition) is 4. The molecule has 7 heteroatoms. The number of amides is 2. The third-order valence-corrected chi connectivity index (χ3v) is 5.47. The number of halogens is 1. The summed E-state index contributed by atoms with van der Waals surface area (Å²) in [5, 5.41) is 3.17. The maximum absolute atomic E-state index is 13.1. The Labute approximate surface area is 159 Å². The molecule has 2 amide bonds. The Kier molecular flexibility index (Phi) is 6.66. The molecule has 1 N–H and O–H groups in total. The zero-order chi connectivity index (χ0) is 19.2. The van der Waals surface area contributed by atoms with E-state index in [1.165, 1.54) is 12.1 Å². The highest BCUT2D eigenvalue weighted by Crippen LogP contribution is 2.22. The Hall–Kier alpha value is -2.15. The van der Waals surface area contributed by atoms with Gasteiger partial charge in [0.15, 0.2) is 0 Å². The molecule has 0 radical (unpaired) electrons. The molecule has 1 unspecified atom stereocenters. The van der Waals surface area contributed by atoms with Gasteiger partial charge in [0.25, 0.3) is 0 Å². The topological polar surface area (TPSA) is 61.9 Å². The molecule has 2 aliphatic heterocycles. The van der Waals surface area contributed by atoms with E-state index in [0.717, 1.165) is 31.6 Å². The molecule has 27 heavy (non-hydrogen) atoms. The second-order valence-corrected chi connectivity index (χ2v) is 7.31. The molecule has 0 aromatic heterocycles. The Bertz CT molecular complexity index is 644. The lowest BCUT2D eigenvalue weighted by atomic mass is 9.95. The van der Waals surface area contributed by atoms with Crippen molar-refractivity contribution in [3.63, 3.8) is 0 Å². The Balaban J connectivity index is 1.46. The number of likely N-dealkylation sites (tertiary alicyclic amines) is 1. The van der Waals surface area contributed by atoms with Crippen molar-refractivity contribution in [2.45, 2.75) is 31.7 Å². The summed E-state index contributed by atoms with van der Waals surface area (Å²) in [5.74, 6) is -0.227. The molecule has 0 bridgehead atoms. The number of benzene rings is 1. The van der Waals surface area contributed by atoms with Gasteiger partial charge in [0.2, 0.25) is 11.8 Å². The van der Waals surface area contributed by atoms with E-state index in [2.05, 4.69) is 10.2 Å². The van der Waals surface area contributed by atoms with E-state index in [1.807, 2.05) is 0 Å². The summed E-state index contributed by atoms with van der Waals surface area (Å²) in [6.07, 6.45) is 2.76. The first kappa shape index (κ1) is 19.6. The van der Waals surface area contributed by atoms with Gasteiger partial charge in [-0.1, -0.05) is 0 Å². The van der Waals surface area contributed by atoms with E-state index in [1.54, 1.807) is 24.1 Å². The predicted octanol–water partition coefficient (Wildman–Crippen LogP) is 1.80. The third kappa shape index (κ3) is 5.19. The number of nitrogens with zero attached hydrogens (tertiary/aromatic N) is 2. The smallest absolute Gasteiger partial charge is 0.225 e. The molecule has 2 saturated heterocycles. The van der Waals surface area contributed by atoms with E-state index in [-0.39, 0.29) is 29.6 Å². The van der Waals surface area contributed by atoms with Gasteiger partial charge in [0.1, 0.15) is 5.82 Å². The van der Waals surface area contributed by atoms with Gasteiger partial charge in [-0.05, 0) is 43.5 Å². The molecule has 0 spiro atoms. The van der Waals surface area contributed by atoms with Crippen molar-refractivity contribution >= 4 is 17.5 Å². The van der Waals surface area contributed by atoms with Gasteiger partial charge < -0.3 is 19.9 Å². The van der Waals surface area contributed by atoms with E-state index < -0.39 is 0 Å². The molecular formula is C20H28FN3O3. The van der Waals surface area contributed by atoms with Crippen LogP contribution in [0, 0.1) is 11.7 Å². The predicted molar refractivity (Wildman–Crippen MR) is 101 cm³/mol. The van der Waals surface area contributed by atoms with Crippen LogP contribution >= 0.6 is 0 Å². The van der Waals surface area contributed by atoms with Crippen molar-refractivity contribution in [1.29, 1.82) is 0 Å². The lowest BCUT2D eigenvalue weighted by molar-refractivity contribution is -0.139. The normalized spacial score (nSPS) is 21.4. The van der Waals surface area contributed by atoms with Crippen molar-refractivity contribution < 1.29 is 18.7 Å². The van der Waals surface area contributed by atoms with Crippen LogP contribution in [0.1, 0.15) is 25.7 Å². The van der Waals surface area contributed by atoms with Crippen LogP contribution in [0.25, 0.3) is 0 Å². The first-order valence-electron chi connectivity index (χ1n) is 9.64. The SMILES string of the molecule is COCCN1CC(C(=O)NC2CCN(c3ccc(F)cc3)CC2)CCC1=O. The minimum Gasteiger partial charge on any atom is -0.383 e. The van der Waals surface area contributed by atoms with Crippen molar-refractivity contribution in [1.82, 2.24) is 10.2 Å². The molecule has 0 aliphatic carbocycles. The van der Waals surface area contributed by atoms with E-state index in [0.29, 0.717) is 32.5 Å². The fourth-order valence-electron chi connectivity index (χ4n) is 3.80. The molecule has 0 saturated carbocycles. The van der Waals surface area contributed by atoms with E-state index in [4.69, 9.17) is 4.74 Å². The number of methoxy groups -OCH3 is 1. The molecule has 2 fully saturated rings. The summed E-state index contributed by atoms with van der Waals surface area (Å²) >= 11 is 0. The molecular weight excluding hydrogens is 349 g/mol. The molecule has 3 rings (SSSR count). The van der Waals surface area contributed by atoms with Gasteiger partial charge in [-0.2, -0.15) is 0 Å². The van der Waals surface area contributed by atoms with Gasteiger partial charge in [0, 0.05) is 51.4 Å². The molecule has 148 valence electrons. The summed E-state index contributed by atoms with van der Waals surface area (Å²) in [6.45, 7) is 3.17. The number of anilines is 1.